The molecular weight excluding hydrogens is 292 g/mol. The lowest BCUT2D eigenvalue weighted by atomic mass is 10.1. The van der Waals surface area contributed by atoms with Crippen LogP contribution in [0.1, 0.15) is 25.8 Å². The number of rotatable bonds is 6. The van der Waals surface area contributed by atoms with E-state index in [0.29, 0.717) is 11.4 Å². The van der Waals surface area contributed by atoms with Crippen LogP contribution in [0.2, 0.25) is 5.02 Å². The first kappa shape index (κ1) is 17.2. The molecule has 0 aliphatic carbocycles. The van der Waals surface area contributed by atoms with Gasteiger partial charge in [0.1, 0.15) is 0 Å². The summed E-state index contributed by atoms with van der Waals surface area (Å²) < 4.78 is 9.77. The van der Waals surface area contributed by atoms with Gasteiger partial charge < -0.3 is 9.47 Å². The standard InChI is InChI=1S/C16H19ClO4/c1-11(2)10-14(16(19)20-3)21-15(18)9-6-12-4-7-13(17)8-5-12/h4-9,11,14H,10H2,1-3H3. The fourth-order valence-corrected chi connectivity index (χ4v) is 1.80. The molecule has 21 heavy (non-hydrogen) atoms. The molecule has 4 nitrogen and oxygen atoms in total. The van der Waals surface area contributed by atoms with Gasteiger partial charge in [0.15, 0.2) is 6.10 Å². The number of carbonyl (C=O) groups excluding carboxylic acids is 2. The van der Waals surface area contributed by atoms with Gasteiger partial charge in [-0.3, -0.25) is 0 Å². The van der Waals surface area contributed by atoms with Gasteiger partial charge in [0.25, 0.3) is 0 Å². The van der Waals surface area contributed by atoms with Crippen LogP contribution in [0.15, 0.2) is 30.3 Å². The van der Waals surface area contributed by atoms with Crippen LogP contribution in [0.5, 0.6) is 0 Å². The van der Waals surface area contributed by atoms with Crippen LogP contribution in [0.3, 0.4) is 0 Å². The summed E-state index contributed by atoms with van der Waals surface area (Å²) in [4.78, 5) is 23.3. The molecule has 0 aliphatic heterocycles. The van der Waals surface area contributed by atoms with Gasteiger partial charge >= 0.3 is 11.9 Å². The maximum Gasteiger partial charge on any atom is 0.347 e. The van der Waals surface area contributed by atoms with Crippen LogP contribution < -0.4 is 0 Å². The topological polar surface area (TPSA) is 52.6 Å². The minimum Gasteiger partial charge on any atom is -0.466 e. The van der Waals surface area contributed by atoms with Crippen molar-refractivity contribution >= 4 is 29.6 Å². The third-order valence-corrected chi connectivity index (χ3v) is 2.94. The third kappa shape index (κ3) is 6.45. The van der Waals surface area contributed by atoms with Gasteiger partial charge in [0, 0.05) is 11.1 Å². The van der Waals surface area contributed by atoms with E-state index < -0.39 is 18.0 Å². The lowest BCUT2D eigenvalue weighted by Crippen LogP contribution is -2.29. The van der Waals surface area contributed by atoms with Crippen molar-refractivity contribution in [2.75, 3.05) is 7.11 Å². The second kappa shape index (κ2) is 8.47. The molecule has 0 N–H and O–H groups in total. The Bertz CT molecular complexity index is 506. The Balaban J connectivity index is 2.64. The van der Waals surface area contributed by atoms with E-state index in [4.69, 9.17) is 16.3 Å². The number of hydrogen-bond acceptors (Lipinski definition) is 4. The van der Waals surface area contributed by atoms with Crippen LogP contribution in [-0.4, -0.2) is 25.2 Å². The summed E-state index contributed by atoms with van der Waals surface area (Å²) in [5.41, 5.74) is 0.815. The van der Waals surface area contributed by atoms with E-state index in [-0.39, 0.29) is 5.92 Å². The van der Waals surface area contributed by atoms with Gasteiger partial charge in [-0.05, 0) is 36.1 Å². The number of hydrogen-bond donors (Lipinski definition) is 0. The molecule has 1 rings (SSSR count). The molecule has 0 aromatic heterocycles. The Labute approximate surface area is 129 Å². The highest BCUT2D eigenvalue weighted by Gasteiger charge is 2.23. The summed E-state index contributed by atoms with van der Waals surface area (Å²) in [6.07, 6.45) is 2.42. The molecule has 0 heterocycles. The number of benzene rings is 1. The van der Waals surface area contributed by atoms with E-state index in [1.165, 1.54) is 13.2 Å². The van der Waals surface area contributed by atoms with Crippen molar-refractivity contribution in [1.29, 1.82) is 0 Å². The largest absolute Gasteiger partial charge is 0.466 e. The zero-order valence-corrected chi connectivity index (χ0v) is 13.1. The fraction of sp³-hybridized carbons (Fsp3) is 0.375. The Kier molecular flexibility index (Phi) is 6.96. The molecule has 1 aromatic carbocycles. The van der Waals surface area contributed by atoms with Crippen LogP contribution in [0.25, 0.3) is 6.08 Å². The highest BCUT2D eigenvalue weighted by molar-refractivity contribution is 6.30. The summed E-state index contributed by atoms with van der Waals surface area (Å²) in [7, 11) is 1.27. The zero-order chi connectivity index (χ0) is 15.8. The molecular formula is C16H19ClO4. The van der Waals surface area contributed by atoms with Gasteiger partial charge in [0.2, 0.25) is 0 Å². The maximum atomic E-state index is 11.8. The van der Waals surface area contributed by atoms with Crippen molar-refractivity contribution in [2.24, 2.45) is 5.92 Å². The number of halogens is 1. The molecule has 5 heteroatoms. The minimum absolute atomic E-state index is 0.210. The molecule has 0 spiro atoms. The van der Waals surface area contributed by atoms with Gasteiger partial charge in [-0.25, -0.2) is 9.59 Å². The molecule has 1 aromatic rings. The van der Waals surface area contributed by atoms with Crippen LogP contribution in [0, 0.1) is 5.92 Å². The minimum atomic E-state index is -0.877. The Morgan fingerprint density at radius 1 is 1.24 bits per heavy atom. The van der Waals surface area contributed by atoms with Crippen molar-refractivity contribution in [2.45, 2.75) is 26.4 Å². The number of esters is 2. The van der Waals surface area contributed by atoms with Crippen molar-refractivity contribution in [1.82, 2.24) is 0 Å². The van der Waals surface area contributed by atoms with Crippen molar-refractivity contribution < 1.29 is 19.1 Å². The summed E-state index contributed by atoms with van der Waals surface area (Å²) >= 11 is 5.78. The van der Waals surface area contributed by atoms with Crippen LogP contribution in [-0.2, 0) is 19.1 Å². The number of carbonyl (C=O) groups is 2. The van der Waals surface area contributed by atoms with Crippen LogP contribution in [0.4, 0.5) is 0 Å². The van der Waals surface area contributed by atoms with Crippen molar-refractivity contribution in [3.8, 4) is 0 Å². The van der Waals surface area contributed by atoms with Crippen molar-refractivity contribution in [3.63, 3.8) is 0 Å². The predicted molar refractivity (Wildman–Crippen MR) is 81.8 cm³/mol. The first-order valence-electron chi connectivity index (χ1n) is 6.64. The smallest absolute Gasteiger partial charge is 0.347 e. The second-order valence-electron chi connectivity index (χ2n) is 4.96. The van der Waals surface area contributed by atoms with Gasteiger partial charge in [0.05, 0.1) is 7.11 Å². The first-order chi connectivity index (χ1) is 9.92. The van der Waals surface area contributed by atoms with Gasteiger partial charge in [-0.2, -0.15) is 0 Å². The maximum absolute atomic E-state index is 11.8. The molecule has 0 saturated carbocycles. The highest BCUT2D eigenvalue weighted by atomic mass is 35.5. The summed E-state index contributed by atoms with van der Waals surface area (Å²) in [6, 6.07) is 7.00. The predicted octanol–water partition coefficient (Wildman–Crippen LogP) is 3.48. The molecule has 0 amide bonds. The van der Waals surface area contributed by atoms with E-state index in [0.717, 1.165) is 5.56 Å². The van der Waals surface area contributed by atoms with Crippen LogP contribution >= 0.6 is 11.6 Å². The monoisotopic (exact) mass is 310 g/mol. The van der Waals surface area contributed by atoms with Gasteiger partial charge in [-0.15, -0.1) is 0 Å². The summed E-state index contributed by atoms with van der Waals surface area (Å²) in [5.74, 6) is -0.917. The molecule has 0 bridgehead atoms. The third-order valence-electron chi connectivity index (χ3n) is 2.69. The number of methoxy groups -OCH3 is 1. The molecule has 0 aliphatic rings. The quantitative estimate of drug-likeness (QED) is 0.596. The lowest BCUT2D eigenvalue weighted by molar-refractivity contribution is -0.164. The van der Waals surface area contributed by atoms with E-state index >= 15 is 0 Å². The second-order valence-corrected chi connectivity index (χ2v) is 5.40. The molecule has 0 radical (unpaired) electrons. The van der Waals surface area contributed by atoms with Crippen molar-refractivity contribution in [3.05, 3.63) is 40.9 Å². The fourth-order valence-electron chi connectivity index (χ4n) is 1.67. The average Bonchev–Trinajstić information content (AvgIpc) is 2.44. The van der Waals surface area contributed by atoms with E-state index in [1.54, 1.807) is 30.3 Å². The molecule has 1 unspecified atom stereocenters. The van der Waals surface area contributed by atoms with E-state index in [9.17, 15) is 9.59 Å². The molecule has 114 valence electrons. The summed E-state index contributed by atoms with van der Waals surface area (Å²) in [5, 5.41) is 0.623. The Hall–Kier alpha value is -1.81. The SMILES string of the molecule is COC(=O)C(CC(C)C)OC(=O)C=Cc1ccc(Cl)cc1. The molecule has 1 atom stereocenters. The average molecular weight is 311 g/mol. The lowest BCUT2D eigenvalue weighted by Gasteiger charge is -2.16. The van der Waals surface area contributed by atoms with E-state index in [1.807, 2.05) is 13.8 Å². The highest BCUT2D eigenvalue weighted by Crippen LogP contribution is 2.12. The zero-order valence-electron chi connectivity index (χ0n) is 12.3. The molecule has 0 fully saturated rings. The first-order valence-corrected chi connectivity index (χ1v) is 7.02. The van der Waals surface area contributed by atoms with E-state index in [2.05, 4.69) is 4.74 Å². The Morgan fingerprint density at radius 2 is 1.86 bits per heavy atom. The molecule has 0 saturated heterocycles. The van der Waals surface area contributed by atoms with Gasteiger partial charge in [-0.1, -0.05) is 37.6 Å². The summed E-state index contributed by atoms with van der Waals surface area (Å²) in [6.45, 7) is 3.88. The Morgan fingerprint density at radius 3 is 2.38 bits per heavy atom. The normalized spacial score (nSPS) is 12.4. The number of ether oxygens (including phenoxy) is 2.